The first-order chi connectivity index (χ1) is 11.5. The summed E-state index contributed by atoms with van der Waals surface area (Å²) in [4.78, 5) is 34.1. The number of carbonyl (C=O) groups is 2. The average molecular weight is 329 g/mol. The number of nitrogens with one attached hydrogen (secondary N) is 2. The van der Waals surface area contributed by atoms with E-state index in [1.807, 2.05) is 0 Å². The molecular formula is C16H15N3O5. The van der Waals surface area contributed by atoms with Gasteiger partial charge in [0.05, 0.1) is 22.8 Å². The summed E-state index contributed by atoms with van der Waals surface area (Å²) in [5, 5.41) is 15.7. The van der Waals surface area contributed by atoms with Gasteiger partial charge in [0, 0.05) is 17.8 Å². The van der Waals surface area contributed by atoms with E-state index in [4.69, 9.17) is 4.74 Å². The van der Waals surface area contributed by atoms with Crippen LogP contribution in [0.5, 0.6) is 0 Å². The van der Waals surface area contributed by atoms with E-state index < -0.39 is 16.9 Å². The summed E-state index contributed by atoms with van der Waals surface area (Å²) in [6, 6.07) is 11.3. The number of ether oxygens (including phenoxy) is 1. The van der Waals surface area contributed by atoms with E-state index in [0.717, 1.165) is 0 Å². The molecule has 0 atom stereocenters. The van der Waals surface area contributed by atoms with Crippen molar-refractivity contribution < 1.29 is 19.2 Å². The minimum atomic E-state index is -0.632. The summed E-state index contributed by atoms with van der Waals surface area (Å²) in [6.07, 6.45) is 0. The molecule has 0 aliphatic carbocycles. The van der Waals surface area contributed by atoms with Crippen LogP contribution in [0, 0.1) is 10.1 Å². The van der Waals surface area contributed by atoms with Gasteiger partial charge in [-0.05, 0) is 25.1 Å². The fraction of sp³-hybridized carbons (Fsp3) is 0.125. The van der Waals surface area contributed by atoms with E-state index in [0.29, 0.717) is 0 Å². The van der Waals surface area contributed by atoms with Crippen molar-refractivity contribution in [2.24, 2.45) is 0 Å². The zero-order valence-electron chi connectivity index (χ0n) is 12.8. The van der Waals surface area contributed by atoms with Crippen LogP contribution in [0.3, 0.4) is 0 Å². The average Bonchev–Trinajstić information content (AvgIpc) is 2.55. The van der Waals surface area contributed by atoms with Gasteiger partial charge in [0.1, 0.15) is 0 Å². The molecule has 0 saturated carbocycles. The van der Waals surface area contributed by atoms with Crippen LogP contribution in [0.25, 0.3) is 0 Å². The summed E-state index contributed by atoms with van der Waals surface area (Å²) in [6.45, 7) is 1.90. The lowest BCUT2D eigenvalue weighted by Crippen LogP contribution is -2.21. The second kappa shape index (κ2) is 7.73. The number of urea groups is 1. The Bertz CT molecular complexity index is 776. The van der Waals surface area contributed by atoms with Crippen molar-refractivity contribution in [3.8, 4) is 0 Å². The molecule has 0 aliphatic rings. The molecule has 8 heteroatoms. The van der Waals surface area contributed by atoms with Crippen molar-refractivity contribution in [1.29, 1.82) is 0 Å². The van der Waals surface area contributed by atoms with Gasteiger partial charge >= 0.3 is 12.0 Å². The Morgan fingerprint density at radius 3 is 2.58 bits per heavy atom. The second-order valence-electron chi connectivity index (χ2n) is 4.65. The fourth-order valence-electron chi connectivity index (χ4n) is 1.96. The summed E-state index contributed by atoms with van der Waals surface area (Å²) >= 11 is 0. The zero-order chi connectivity index (χ0) is 17.5. The number of nitro benzene ring substituents is 1. The molecule has 0 aromatic heterocycles. The molecule has 0 heterocycles. The Hall–Kier alpha value is -3.42. The van der Waals surface area contributed by atoms with Crippen LogP contribution in [0.15, 0.2) is 48.5 Å². The number of hydrogen-bond donors (Lipinski definition) is 2. The van der Waals surface area contributed by atoms with Crippen LogP contribution in [-0.4, -0.2) is 23.5 Å². The first-order valence-electron chi connectivity index (χ1n) is 7.10. The number of carbonyl (C=O) groups excluding carboxylic acids is 2. The molecule has 124 valence electrons. The highest BCUT2D eigenvalue weighted by Crippen LogP contribution is 2.19. The molecule has 0 aliphatic heterocycles. The van der Waals surface area contributed by atoms with Crippen LogP contribution in [0.1, 0.15) is 17.3 Å². The van der Waals surface area contributed by atoms with Gasteiger partial charge in [0.2, 0.25) is 0 Å². The van der Waals surface area contributed by atoms with Crippen LogP contribution in [0.2, 0.25) is 0 Å². The number of benzene rings is 2. The molecule has 2 aromatic carbocycles. The van der Waals surface area contributed by atoms with E-state index in [2.05, 4.69) is 10.6 Å². The number of nitrogens with zero attached hydrogens (tertiary/aromatic N) is 1. The van der Waals surface area contributed by atoms with Crippen LogP contribution in [0.4, 0.5) is 21.9 Å². The lowest BCUT2D eigenvalue weighted by molar-refractivity contribution is -0.384. The van der Waals surface area contributed by atoms with Gasteiger partial charge < -0.3 is 15.4 Å². The molecule has 24 heavy (non-hydrogen) atoms. The third kappa shape index (κ3) is 4.29. The predicted molar refractivity (Wildman–Crippen MR) is 88.1 cm³/mol. The number of nitro groups is 1. The highest BCUT2D eigenvalue weighted by atomic mass is 16.6. The summed E-state index contributed by atoms with van der Waals surface area (Å²) < 4.78 is 4.92. The molecule has 0 unspecified atom stereocenters. The smallest absolute Gasteiger partial charge is 0.340 e. The molecule has 2 amide bonds. The van der Waals surface area contributed by atoms with Crippen molar-refractivity contribution in [2.75, 3.05) is 17.2 Å². The summed E-state index contributed by atoms with van der Waals surface area (Å²) in [7, 11) is 0. The number of para-hydroxylation sites is 1. The summed E-state index contributed by atoms with van der Waals surface area (Å²) in [5.41, 5.74) is 0.613. The normalized spacial score (nSPS) is 9.88. The maximum Gasteiger partial charge on any atom is 0.340 e. The molecule has 8 nitrogen and oxygen atoms in total. The van der Waals surface area contributed by atoms with E-state index in [1.54, 1.807) is 25.1 Å². The van der Waals surface area contributed by atoms with Crippen LogP contribution < -0.4 is 10.6 Å². The van der Waals surface area contributed by atoms with Crippen LogP contribution >= 0.6 is 0 Å². The number of hydrogen-bond acceptors (Lipinski definition) is 5. The lowest BCUT2D eigenvalue weighted by atomic mass is 10.2. The molecule has 0 saturated heterocycles. The monoisotopic (exact) mass is 329 g/mol. The number of anilines is 2. The van der Waals surface area contributed by atoms with E-state index in [9.17, 15) is 19.7 Å². The number of esters is 1. The van der Waals surface area contributed by atoms with Gasteiger partial charge in [-0.2, -0.15) is 0 Å². The Morgan fingerprint density at radius 2 is 1.88 bits per heavy atom. The van der Waals surface area contributed by atoms with Gasteiger partial charge in [0.15, 0.2) is 0 Å². The lowest BCUT2D eigenvalue weighted by Gasteiger charge is -2.11. The highest BCUT2D eigenvalue weighted by molar-refractivity contribution is 6.05. The maximum absolute atomic E-state index is 12.1. The van der Waals surface area contributed by atoms with Crippen molar-refractivity contribution in [3.63, 3.8) is 0 Å². The Kier molecular flexibility index (Phi) is 5.45. The Labute approximate surface area is 137 Å². The second-order valence-corrected chi connectivity index (χ2v) is 4.65. The molecule has 0 radical (unpaired) electrons. The number of rotatable bonds is 5. The topological polar surface area (TPSA) is 111 Å². The molecule has 2 aromatic rings. The van der Waals surface area contributed by atoms with Gasteiger partial charge in [-0.25, -0.2) is 9.59 Å². The third-order valence-corrected chi connectivity index (χ3v) is 2.99. The molecule has 0 fully saturated rings. The largest absolute Gasteiger partial charge is 0.462 e. The summed E-state index contributed by atoms with van der Waals surface area (Å²) in [5.74, 6) is -0.552. The maximum atomic E-state index is 12.1. The minimum Gasteiger partial charge on any atom is -0.462 e. The molecular weight excluding hydrogens is 314 g/mol. The zero-order valence-corrected chi connectivity index (χ0v) is 12.8. The SMILES string of the molecule is CCOC(=O)c1ccccc1NC(=O)Nc1cccc([N+](=O)[O-])c1. The number of amides is 2. The quantitative estimate of drug-likeness (QED) is 0.496. The van der Waals surface area contributed by atoms with E-state index in [1.165, 1.54) is 30.3 Å². The standard InChI is InChI=1S/C16H15N3O5/c1-2-24-15(20)13-8-3-4-9-14(13)18-16(21)17-11-6-5-7-12(10-11)19(22)23/h3-10H,2H2,1H3,(H2,17,18,21). The van der Waals surface area contributed by atoms with Crippen molar-refractivity contribution in [3.05, 3.63) is 64.2 Å². The minimum absolute atomic E-state index is 0.139. The predicted octanol–water partition coefficient (Wildman–Crippen LogP) is 3.42. The molecule has 2 N–H and O–H groups in total. The first-order valence-corrected chi connectivity index (χ1v) is 7.10. The molecule has 0 spiro atoms. The van der Waals surface area contributed by atoms with Crippen molar-refractivity contribution >= 4 is 29.1 Å². The van der Waals surface area contributed by atoms with E-state index >= 15 is 0 Å². The fourth-order valence-corrected chi connectivity index (χ4v) is 1.96. The highest BCUT2D eigenvalue weighted by Gasteiger charge is 2.14. The van der Waals surface area contributed by atoms with Crippen molar-refractivity contribution in [1.82, 2.24) is 0 Å². The van der Waals surface area contributed by atoms with E-state index in [-0.39, 0.29) is 29.2 Å². The Balaban J connectivity index is 2.12. The molecule has 0 bridgehead atoms. The van der Waals surface area contributed by atoms with Gasteiger partial charge in [0.25, 0.3) is 5.69 Å². The molecule has 2 rings (SSSR count). The van der Waals surface area contributed by atoms with Crippen molar-refractivity contribution in [2.45, 2.75) is 6.92 Å². The Morgan fingerprint density at radius 1 is 1.12 bits per heavy atom. The first kappa shape index (κ1) is 16.9. The van der Waals surface area contributed by atoms with Crippen LogP contribution in [-0.2, 0) is 4.74 Å². The van der Waals surface area contributed by atoms with Gasteiger partial charge in [-0.3, -0.25) is 10.1 Å². The third-order valence-electron chi connectivity index (χ3n) is 2.99. The number of non-ortho nitro benzene ring substituents is 1. The van der Waals surface area contributed by atoms with Gasteiger partial charge in [-0.1, -0.05) is 18.2 Å². The van der Waals surface area contributed by atoms with Gasteiger partial charge in [-0.15, -0.1) is 0 Å².